The van der Waals surface area contributed by atoms with Crippen molar-refractivity contribution in [2.45, 2.75) is 37.8 Å². The fraction of sp³-hybridized carbons (Fsp3) is 0.375. The van der Waals surface area contributed by atoms with Gasteiger partial charge in [-0.2, -0.15) is 18.7 Å². The summed E-state index contributed by atoms with van der Waals surface area (Å²) in [5.74, 6) is -1.74. The first-order chi connectivity index (χ1) is 11.5. The molecular formula is C16H17F2N2O3P. The maximum absolute atomic E-state index is 13.4. The highest BCUT2D eigenvalue weighted by atomic mass is 31.2. The smallest absolute Gasteiger partial charge is 0.397 e. The molecule has 0 aliphatic heterocycles. The van der Waals surface area contributed by atoms with Crippen molar-refractivity contribution in [1.29, 1.82) is 0 Å². The Balaban J connectivity index is 1.89. The zero-order valence-electron chi connectivity index (χ0n) is 12.9. The Morgan fingerprint density at radius 1 is 0.875 bits per heavy atom. The van der Waals surface area contributed by atoms with Gasteiger partial charge in [-0.05, 0) is 25.0 Å². The Bertz CT molecular complexity index is 702. The van der Waals surface area contributed by atoms with Crippen LogP contribution in [0.4, 0.5) is 8.78 Å². The monoisotopic (exact) mass is 354 g/mol. The van der Waals surface area contributed by atoms with E-state index in [1.807, 2.05) is 0 Å². The molecule has 0 atom stereocenters. The lowest BCUT2D eigenvalue weighted by molar-refractivity contribution is 0.336. The topological polar surface area (TPSA) is 61.3 Å². The summed E-state index contributed by atoms with van der Waals surface area (Å²) in [7, 11) is -3.74. The first kappa shape index (κ1) is 16.8. The Kier molecular flexibility index (Phi) is 5.09. The van der Waals surface area contributed by atoms with Crippen LogP contribution in [0.3, 0.4) is 0 Å². The van der Waals surface area contributed by atoms with E-state index in [0.717, 1.165) is 31.4 Å². The minimum absolute atomic E-state index is 0.125. The summed E-state index contributed by atoms with van der Waals surface area (Å²) >= 11 is 0. The molecule has 2 heterocycles. The van der Waals surface area contributed by atoms with Gasteiger partial charge in [0.15, 0.2) is 0 Å². The summed E-state index contributed by atoms with van der Waals surface area (Å²) in [5.41, 5.74) is -0.360. The van der Waals surface area contributed by atoms with E-state index in [4.69, 9.17) is 9.05 Å². The van der Waals surface area contributed by atoms with Gasteiger partial charge >= 0.3 is 7.60 Å². The van der Waals surface area contributed by atoms with E-state index in [2.05, 4.69) is 9.97 Å². The molecule has 0 aromatic carbocycles. The van der Waals surface area contributed by atoms with Gasteiger partial charge in [0.2, 0.25) is 23.7 Å². The molecule has 0 radical (unpaired) electrons. The normalized spacial score (nSPS) is 15.9. The quantitative estimate of drug-likeness (QED) is 0.573. The molecule has 3 rings (SSSR count). The van der Waals surface area contributed by atoms with Crippen molar-refractivity contribution < 1.29 is 22.4 Å². The molecule has 1 aliphatic rings. The van der Waals surface area contributed by atoms with Crippen molar-refractivity contribution in [3.63, 3.8) is 0 Å². The van der Waals surface area contributed by atoms with Crippen LogP contribution in [0, 0.1) is 11.9 Å². The van der Waals surface area contributed by atoms with Crippen LogP contribution in [-0.2, 0) is 4.57 Å². The van der Waals surface area contributed by atoms with Crippen LogP contribution in [0.25, 0.3) is 0 Å². The summed E-state index contributed by atoms with van der Waals surface area (Å²) in [6.07, 6.45) is 4.15. The Morgan fingerprint density at radius 2 is 1.38 bits per heavy atom. The molecule has 1 fully saturated rings. The highest BCUT2D eigenvalue weighted by molar-refractivity contribution is 7.55. The molecular weight excluding hydrogens is 337 g/mol. The van der Waals surface area contributed by atoms with Gasteiger partial charge in [-0.3, -0.25) is 0 Å². The molecule has 0 amide bonds. The molecule has 0 unspecified atom stereocenters. The van der Waals surface area contributed by atoms with Crippen LogP contribution in [-0.4, -0.2) is 15.6 Å². The number of hydrogen-bond acceptors (Lipinski definition) is 5. The molecule has 0 N–H and O–H groups in total. The molecule has 2 aromatic heterocycles. The van der Waals surface area contributed by atoms with Crippen LogP contribution in [0.2, 0.25) is 0 Å². The van der Waals surface area contributed by atoms with Gasteiger partial charge in [-0.25, -0.2) is 4.57 Å². The first-order valence-electron chi connectivity index (χ1n) is 7.79. The summed E-state index contributed by atoms with van der Waals surface area (Å²) in [6.45, 7) is 0. The second kappa shape index (κ2) is 7.26. The molecule has 1 aliphatic carbocycles. The van der Waals surface area contributed by atoms with E-state index in [1.54, 1.807) is 0 Å². The van der Waals surface area contributed by atoms with Crippen molar-refractivity contribution in [1.82, 2.24) is 9.97 Å². The second-order valence-corrected chi connectivity index (χ2v) is 7.79. The molecule has 8 heteroatoms. The largest absolute Gasteiger partial charge is 0.436 e. The summed E-state index contributed by atoms with van der Waals surface area (Å²) in [6, 6.07) is 7.94. The van der Waals surface area contributed by atoms with Gasteiger partial charge in [0.1, 0.15) is 0 Å². The Hall–Kier alpha value is -2.01. The summed E-state index contributed by atoms with van der Waals surface area (Å²) < 4.78 is 50.9. The van der Waals surface area contributed by atoms with Gasteiger partial charge in [-0.1, -0.05) is 31.4 Å². The average molecular weight is 354 g/mol. The highest BCUT2D eigenvalue weighted by Crippen LogP contribution is 2.56. The lowest BCUT2D eigenvalue weighted by Gasteiger charge is -2.29. The van der Waals surface area contributed by atoms with Crippen LogP contribution in [0.5, 0.6) is 11.8 Å². The Labute approximate surface area is 138 Å². The van der Waals surface area contributed by atoms with Gasteiger partial charge in [0.05, 0.1) is 5.66 Å². The van der Waals surface area contributed by atoms with E-state index in [0.29, 0.717) is 12.8 Å². The summed E-state index contributed by atoms with van der Waals surface area (Å²) in [5, 5.41) is 0. The molecule has 128 valence electrons. The van der Waals surface area contributed by atoms with Crippen LogP contribution in [0.15, 0.2) is 36.4 Å². The zero-order chi connectivity index (χ0) is 17.0. The minimum atomic E-state index is -3.74. The van der Waals surface area contributed by atoms with Crippen molar-refractivity contribution in [2.75, 3.05) is 0 Å². The third-order valence-electron chi connectivity index (χ3n) is 3.84. The first-order valence-corrected chi connectivity index (χ1v) is 9.40. The average Bonchev–Trinajstić information content (AvgIpc) is 2.55. The van der Waals surface area contributed by atoms with Gasteiger partial charge in [0, 0.05) is 12.1 Å². The van der Waals surface area contributed by atoms with Gasteiger partial charge < -0.3 is 9.05 Å². The van der Waals surface area contributed by atoms with Crippen molar-refractivity contribution in [2.24, 2.45) is 0 Å². The van der Waals surface area contributed by atoms with Gasteiger partial charge in [0.25, 0.3) is 0 Å². The molecule has 24 heavy (non-hydrogen) atoms. The second-order valence-electron chi connectivity index (χ2n) is 5.61. The summed E-state index contributed by atoms with van der Waals surface area (Å²) in [4.78, 5) is 7.15. The fourth-order valence-corrected chi connectivity index (χ4v) is 4.76. The maximum Gasteiger partial charge on any atom is 0.436 e. The predicted molar refractivity (Wildman–Crippen MR) is 84.1 cm³/mol. The predicted octanol–water partition coefficient (Wildman–Crippen LogP) is 4.74. The van der Waals surface area contributed by atoms with E-state index in [-0.39, 0.29) is 17.4 Å². The highest BCUT2D eigenvalue weighted by Gasteiger charge is 2.40. The SMILES string of the molecule is O=P(Oc1cccc(F)n1)(Oc1cccc(F)n1)C1CCCCC1. The third kappa shape index (κ3) is 4.09. The number of nitrogens with zero attached hydrogens (tertiary/aromatic N) is 2. The number of pyridine rings is 2. The van der Waals surface area contributed by atoms with Crippen LogP contribution < -0.4 is 9.05 Å². The molecule has 0 bridgehead atoms. The number of halogens is 2. The third-order valence-corrected chi connectivity index (χ3v) is 6.14. The molecule has 5 nitrogen and oxygen atoms in total. The standard InChI is InChI=1S/C16H17F2N2O3P/c17-13-8-4-10-15(19-13)22-24(21,12-6-2-1-3-7-12)23-16-11-5-9-14(18)20-16/h4-5,8-12H,1-3,6-7H2. The van der Waals surface area contributed by atoms with E-state index >= 15 is 0 Å². The van der Waals surface area contributed by atoms with Crippen molar-refractivity contribution >= 4 is 7.60 Å². The zero-order valence-corrected chi connectivity index (χ0v) is 13.8. The molecule has 2 aromatic rings. The number of aromatic nitrogens is 2. The molecule has 0 spiro atoms. The fourth-order valence-electron chi connectivity index (χ4n) is 2.71. The molecule has 1 saturated carbocycles. The maximum atomic E-state index is 13.4. The molecule has 0 saturated heterocycles. The lowest BCUT2D eigenvalue weighted by atomic mass is 10.0. The van der Waals surface area contributed by atoms with E-state index in [9.17, 15) is 13.3 Å². The number of hydrogen-bond donors (Lipinski definition) is 0. The van der Waals surface area contributed by atoms with E-state index in [1.165, 1.54) is 24.3 Å². The number of rotatable bonds is 5. The van der Waals surface area contributed by atoms with Crippen molar-refractivity contribution in [3.05, 3.63) is 48.3 Å². The van der Waals surface area contributed by atoms with Gasteiger partial charge in [-0.15, -0.1) is 0 Å². The minimum Gasteiger partial charge on any atom is -0.397 e. The lowest BCUT2D eigenvalue weighted by Crippen LogP contribution is -2.20. The van der Waals surface area contributed by atoms with Crippen LogP contribution >= 0.6 is 7.60 Å². The Morgan fingerprint density at radius 3 is 1.83 bits per heavy atom. The van der Waals surface area contributed by atoms with Crippen molar-refractivity contribution in [3.8, 4) is 11.8 Å². The van der Waals surface area contributed by atoms with E-state index < -0.39 is 19.5 Å². The van der Waals surface area contributed by atoms with Crippen LogP contribution in [0.1, 0.15) is 32.1 Å².